The summed E-state index contributed by atoms with van der Waals surface area (Å²) in [5.41, 5.74) is -0.814. The van der Waals surface area contributed by atoms with Gasteiger partial charge in [0.05, 0.1) is 0 Å². The minimum atomic E-state index is -0.814. The zero-order chi connectivity index (χ0) is 23.4. The average Bonchev–Trinajstić information content (AvgIpc) is 3.04. The number of hydrogen-bond acceptors (Lipinski definition) is 4. The van der Waals surface area contributed by atoms with Crippen LogP contribution in [0.25, 0.3) is 0 Å². The van der Waals surface area contributed by atoms with Crippen molar-refractivity contribution in [3.05, 3.63) is 0 Å². The topological polar surface area (TPSA) is 111 Å². The lowest BCUT2D eigenvalue weighted by atomic mass is 9.75. The Hall–Kier alpha value is -2.32. The van der Waals surface area contributed by atoms with Gasteiger partial charge >= 0.3 is 12.1 Å². The molecule has 184 valence electrons. The van der Waals surface area contributed by atoms with Crippen LogP contribution in [-0.4, -0.2) is 70.9 Å². The van der Waals surface area contributed by atoms with Crippen LogP contribution in [0.15, 0.2) is 0 Å². The quantitative estimate of drug-likeness (QED) is 0.546. The summed E-state index contributed by atoms with van der Waals surface area (Å²) >= 11 is 0. The van der Waals surface area contributed by atoms with Crippen LogP contribution in [0.1, 0.15) is 84.0 Å². The fourth-order valence-electron chi connectivity index (χ4n) is 5.91. The molecular weight excluding hydrogens is 422 g/mol. The van der Waals surface area contributed by atoms with Crippen molar-refractivity contribution in [2.75, 3.05) is 19.6 Å². The van der Waals surface area contributed by atoms with Crippen LogP contribution in [0.3, 0.4) is 0 Å². The average molecular weight is 462 g/mol. The molecule has 0 aromatic heterocycles. The van der Waals surface area contributed by atoms with Crippen molar-refractivity contribution in [1.82, 2.24) is 25.8 Å². The number of nitrogens with zero attached hydrogens (tertiary/aromatic N) is 2. The van der Waals surface area contributed by atoms with E-state index in [1.54, 1.807) is 4.90 Å². The number of nitrogens with one attached hydrogen (secondary N) is 3. The second kappa shape index (κ2) is 10.3. The first kappa shape index (κ1) is 23.8. The van der Waals surface area contributed by atoms with Gasteiger partial charge in [0.25, 0.3) is 5.91 Å². The summed E-state index contributed by atoms with van der Waals surface area (Å²) in [6.45, 7) is 2.98. The van der Waals surface area contributed by atoms with E-state index >= 15 is 0 Å². The molecule has 4 fully saturated rings. The maximum absolute atomic E-state index is 13.1. The number of carbonyl (C=O) groups is 4. The Balaban J connectivity index is 1.22. The van der Waals surface area contributed by atoms with Gasteiger partial charge in [0.15, 0.2) is 0 Å². The highest BCUT2D eigenvalue weighted by Crippen LogP contribution is 2.37. The van der Waals surface area contributed by atoms with Gasteiger partial charge in [-0.05, 0) is 57.3 Å². The molecule has 2 aliphatic heterocycles. The maximum Gasteiger partial charge on any atom is 0.325 e. The van der Waals surface area contributed by atoms with Crippen LogP contribution in [0.4, 0.5) is 9.59 Å². The molecule has 2 aliphatic carbocycles. The van der Waals surface area contributed by atoms with E-state index in [4.69, 9.17) is 0 Å². The Labute approximate surface area is 196 Å². The van der Waals surface area contributed by atoms with Gasteiger partial charge in [-0.1, -0.05) is 32.6 Å². The normalized spacial score (nSPS) is 29.3. The summed E-state index contributed by atoms with van der Waals surface area (Å²) in [5.74, 6) is 0.157. The second-order valence-electron chi connectivity index (χ2n) is 10.4. The Morgan fingerprint density at radius 2 is 1.55 bits per heavy atom. The van der Waals surface area contributed by atoms with E-state index in [-0.39, 0.29) is 36.5 Å². The van der Waals surface area contributed by atoms with Crippen LogP contribution in [0.2, 0.25) is 0 Å². The lowest BCUT2D eigenvalue weighted by Gasteiger charge is -2.35. The lowest BCUT2D eigenvalue weighted by Crippen LogP contribution is -2.53. The van der Waals surface area contributed by atoms with Crippen molar-refractivity contribution in [3.63, 3.8) is 0 Å². The zero-order valence-corrected chi connectivity index (χ0v) is 19.9. The second-order valence-corrected chi connectivity index (χ2v) is 10.4. The summed E-state index contributed by atoms with van der Waals surface area (Å²) in [6.07, 6.45) is 11.3. The molecule has 2 saturated carbocycles. The third-order valence-electron chi connectivity index (χ3n) is 8.20. The highest BCUT2D eigenvalue weighted by Gasteiger charge is 2.52. The molecule has 2 heterocycles. The van der Waals surface area contributed by atoms with Crippen LogP contribution in [-0.2, 0) is 9.59 Å². The first-order valence-corrected chi connectivity index (χ1v) is 12.9. The van der Waals surface area contributed by atoms with Crippen LogP contribution in [0, 0.1) is 5.92 Å². The summed E-state index contributed by atoms with van der Waals surface area (Å²) in [4.78, 5) is 53.6. The first-order chi connectivity index (χ1) is 15.9. The minimum absolute atomic E-state index is 0.0337. The minimum Gasteiger partial charge on any atom is -0.341 e. The predicted octanol–water partition coefficient (Wildman–Crippen LogP) is 2.50. The molecule has 0 radical (unpaired) electrons. The molecule has 0 atom stereocenters. The Kier molecular flexibility index (Phi) is 7.44. The maximum atomic E-state index is 13.1. The Morgan fingerprint density at radius 3 is 2.15 bits per heavy atom. The van der Waals surface area contributed by atoms with Gasteiger partial charge in [0.1, 0.15) is 12.1 Å². The summed E-state index contributed by atoms with van der Waals surface area (Å²) < 4.78 is 0. The molecule has 4 aliphatic rings. The van der Waals surface area contributed by atoms with E-state index in [0.29, 0.717) is 44.7 Å². The molecule has 3 N–H and O–H groups in total. The third kappa shape index (κ3) is 5.44. The van der Waals surface area contributed by atoms with Gasteiger partial charge in [0, 0.05) is 25.2 Å². The SMILES string of the molecule is CCC1CCC2(CC1)NC(=O)N(CC(=O)N1CCC(NC(=O)NC3CCCCC3)CC1)C2=O. The van der Waals surface area contributed by atoms with Gasteiger partial charge in [-0.2, -0.15) is 0 Å². The van der Waals surface area contributed by atoms with E-state index in [9.17, 15) is 19.2 Å². The predicted molar refractivity (Wildman–Crippen MR) is 123 cm³/mol. The fraction of sp³-hybridized carbons (Fsp3) is 0.833. The van der Waals surface area contributed by atoms with Crippen molar-refractivity contribution in [2.24, 2.45) is 5.92 Å². The van der Waals surface area contributed by atoms with Crippen molar-refractivity contribution in [3.8, 4) is 0 Å². The van der Waals surface area contributed by atoms with Gasteiger partial charge < -0.3 is 20.9 Å². The van der Waals surface area contributed by atoms with Crippen molar-refractivity contribution >= 4 is 23.9 Å². The number of piperidine rings is 1. The van der Waals surface area contributed by atoms with Crippen LogP contribution < -0.4 is 16.0 Å². The molecule has 0 unspecified atom stereocenters. The van der Waals surface area contributed by atoms with E-state index in [1.165, 1.54) is 19.3 Å². The van der Waals surface area contributed by atoms with E-state index in [2.05, 4.69) is 22.9 Å². The van der Waals surface area contributed by atoms with Crippen molar-refractivity contribution < 1.29 is 19.2 Å². The highest BCUT2D eigenvalue weighted by atomic mass is 16.2. The zero-order valence-electron chi connectivity index (χ0n) is 19.9. The first-order valence-electron chi connectivity index (χ1n) is 12.9. The molecule has 9 nitrogen and oxygen atoms in total. The number of hydrogen-bond donors (Lipinski definition) is 3. The fourth-order valence-corrected chi connectivity index (χ4v) is 5.91. The molecule has 2 saturated heterocycles. The monoisotopic (exact) mass is 461 g/mol. The number of imide groups is 1. The largest absolute Gasteiger partial charge is 0.341 e. The van der Waals surface area contributed by atoms with Gasteiger partial charge in [0.2, 0.25) is 5.91 Å². The van der Waals surface area contributed by atoms with E-state index in [1.807, 2.05) is 0 Å². The van der Waals surface area contributed by atoms with E-state index < -0.39 is 11.6 Å². The number of likely N-dealkylation sites (tertiary alicyclic amines) is 1. The molecule has 0 aromatic carbocycles. The number of urea groups is 2. The molecular formula is C24H39N5O4. The highest BCUT2D eigenvalue weighted by molar-refractivity contribution is 6.09. The smallest absolute Gasteiger partial charge is 0.325 e. The van der Waals surface area contributed by atoms with Crippen LogP contribution >= 0.6 is 0 Å². The molecule has 6 amide bonds. The molecule has 9 heteroatoms. The Bertz CT molecular complexity index is 750. The standard InChI is InChI=1S/C24H39N5O4/c1-2-17-8-12-24(13-9-17)21(31)29(23(33)27-24)16-20(30)28-14-10-19(11-15-28)26-22(32)25-18-6-4-3-5-7-18/h17-19H,2-16H2,1H3,(H,27,33)(H2,25,26,32). The summed E-state index contributed by atoms with van der Waals surface area (Å²) in [7, 11) is 0. The third-order valence-corrected chi connectivity index (χ3v) is 8.20. The number of amides is 6. The molecule has 0 aromatic rings. The lowest BCUT2D eigenvalue weighted by molar-refractivity contribution is -0.140. The summed E-state index contributed by atoms with van der Waals surface area (Å²) in [5, 5.41) is 9.01. The van der Waals surface area contributed by atoms with Crippen molar-refractivity contribution in [1.29, 1.82) is 0 Å². The number of carbonyl (C=O) groups excluding carboxylic acids is 4. The molecule has 33 heavy (non-hydrogen) atoms. The van der Waals surface area contributed by atoms with E-state index in [0.717, 1.165) is 37.0 Å². The Morgan fingerprint density at radius 1 is 0.939 bits per heavy atom. The summed E-state index contributed by atoms with van der Waals surface area (Å²) in [6, 6.07) is -0.260. The van der Waals surface area contributed by atoms with Crippen molar-refractivity contribution in [2.45, 2.75) is 102 Å². The molecule has 1 spiro atoms. The van der Waals surface area contributed by atoms with Gasteiger partial charge in [-0.3, -0.25) is 14.5 Å². The molecule has 0 bridgehead atoms. The molecule has 4 rings (SSSR count). The van der Waals surface area contributed by atoms with Gasteiger partial charge in [-0.15, -0.1) is 0 Å². The number of rotatable bonds is 5. The van der Waals surface area contributed by atoms with Crippen LogP contribution in [0.5, 0.6) is 0 Å². The van der Waals surface area contributed by atoms with Gasteiger partial charge in [-0.25, -0.2) is 9.59 Å².